The first-order valence-corrected chi connectivity index (χ1v) is 11.5. The Bertz CT molecular complexity index is 1220. The van der Waals surface area contributed by atoms with Crippen LogP contribution in [0.1, 0.15) is 37.0 Å². The van der Waals surface area contributed by atoms with Gasteiger partial charge in [-0.2, -0.15) is 0 Å². The number of H-pyrrole nitrogens is 2. The standard InChI is InChI=1S/C19H18N4O2S3/c1-3-5-11-8-14(24)21-19(20-11)28-10(2)16-22-17(25)15-12(9-27-18(15)23-16)13-6-4-7-26-13/h4,6-10H,3,5H2,1-2H3,(H,20,21,24)(H,22,23,25)/t10-/m1/s1. The molecule has 0 spiro atoms. The zero-order valence-electron chi connectivity index (χ0n) is 15.3. The molecule has 0 saturated carbocycles. The molecule has 0 bridgehead atoms. The summed E-state index contributed by atoms with van der Waals surface area (Å²) >= 11 is 4.45. The number of nitrogens with one attached hydrogen (secondary N) is 2. The van der Waals surface area contributed by atoms with E-state index in [0.717, 1.165) is 33.8 Å². The van der Waals surface area contributed by atoms with Gasteiger partial charge in [-0.05, 0) is 24.8 Å². The van der Waals surface area contributed by atoms with Gasteiger partial charge in [0.05, 0.1) is 10.6 Å². The quantitative estimate of drug-likeness (QED) is 0.344. The third-order valence-electron chi connectivity index (χ3n) is 4.20. The van der Waals surface area contributed by atoms with E-state index in [2.05, 4.69) is 19.9 Å². The first-order valence-electron chi connectivity index (χ1n) is 8.87. The fourth-order valence-corrected chi connectivity index (χ4v) is 5.57. The lowest BCUT2D eigenvalue weighted by atomic mass is 10.2. The van der Waals surface area contributed by atoms with E-state index in [-0.39, 0.29) is 16.4 Å². The van der Waals surface area contributed by atoms with Crippen LogP contribution in [-0.2, 0) is 6.42 Å². The van der Waals surface area contributed by atoms with E-state index < -0.39 is 0 Å². The second kappa shape index (κ2) is 8.02. The van der Waals surface area contributed by atoms with Gasteiger partial charge in [0.2, 0.25) is 0 Å². The monoisotopic (exact) mass is 430 g/mol. The maximum atomic E-state index is 12.8. The Morgan fingerprint density at radius 2 is 2.07 bits per heavy atom. The lowest BCUT2D eigenvalue weighted by molar-refractivity contribution is 0.810. The Hall–Kier alpha value is -2.23. The molecule has 0 saturated heterocycles. The summed E-state index contributed by atoms with van der Waals surface area (Å²) in [6, 6.07) is 5.50. The summed E-state index contributed by atoms with van der Waals surface area (Å²) in [5, 5.41) is 4.98. The van der Waals surface area contributed by atoms with E-state index in [9.17, 15) is 9.59 Å². The van der Waals surface area contributed by atoms with Crippen LogP contribution in [0.25, 0.3) is 20.7 Å². The highest BCUT2D eigenvalue weighted by Crippen LogP contribution is 2.35. The zero-order valence-corrected chi connectivity index (χ0v) is 17.8. The first-order chi connectivity index (χ1) is 13.5. The highest BCUT2D eigenvalue weighted by Gasteiger charge is 2.18. The van der Waals surface area contributed by atoms with Gasteiger partial charge in [-0.15, -0.1) is 22.7 Å². The minimum atomic E-state index is -0.163. The number of rotatable bonds is 6. The van der Waals surface area contributed by atoms with Crippen molar-refractivity contribution in [2.45, 2.75) is 37.1 Å². The summed E-state index contributed by atoms with van der Waals surface area (Å²) < 4.78 is 0. The predicted octanol–water partition coefficient (Wildman–Crippen LogP) is 4.60. The van der Waals surface area contributed by atoms with Gasteiger partial charge in [0.25, 0.3) is 11.1 Å². The second-order valence-electron chi connectivity index (χ2n) is 6.31. The van der Waals surface area contributed by atoms with Gasteiger partial charge in [0.15, 0.2) is 5.16 Å². The maximum absolute atomic E-state index is 12.8. The smallest absolute Gasteiger partial charge is 0.260 e. The molecule has 2 N–H and O–H groups in total. The fourth-order valence-electron chi connectivity index (χ4n) is 2.92. The van der Waals surface area contributed by atoms with Gasteiger partial charge < -0.3 is 9.97 Å². The molecule has 0 aliphatic heterocycles. The predicted molar refractivity (Wildman–Crippen MR) is 117 cm³/mol. The van der Waals surface area contributed by atoms with Gasteiger partial charge in [-0.3, -0.25) is 9.59 Å². The number of aryl methyl sites for hydroxylation is 1. The van der Waals surface area contributed by atoms with E-state index in [0.29, 0.717) is 16.4 Å². The van der Waals surface area contributed by atoms with Gasteiger partial charge in [0.1, 0.15) is 10.7 Å². The minimum Gasteiger partial charge on any atom is -0.309 e. The Morgan fingerprint density at radius 1 is 1.21 bits per heavy atom. The Morgan fingerprint density at radius 3 is 2.82 bits per heavy atom. The number of thiophene rings is 2. The summed E-state index contributed by atoms with van der Waals surface area (Å²) in [4.78, 5) is 41.3. The highest BCUT2D eigenvalue weighted by molar-refractivity contribution is 7.99. The third-order valence-corrected chi connectivity index (χ3v) is 6.97. The number of aromatic nitrogens is 4. The molecule has 0 aliphatic carbocycles. The van der Waals surface area contributed by atoms with E-state index >= 15 is 0 Å². The summed E-state index contributed by atoms with van der Waals surface area (Å²) in [5.74, 6) is 0.575. The number of hydrogen-bond donors (Lipinski definition) is 2. The Balaban J connectivity index is 1.66. The normalized spacial score (nSPS) is 12.5. The number of aromatic amines is 2. The van der Waals surface area contributed by atoms with E-state index in [1.807, 2.05) is 36.7 Å². The first kappa shape index (κ1) is 19.1. The number of fused-ring (bicyclic) bond motifs is 1. The Kier molecular flexibility index (Phi) is 5.47. The van der Waals surface area contributed by atoms with Gasteiger partial charge in [-0.25, -0.2) is 9.97 Å². The molecule has 4 aromatic heterocycles. The van der Waals surface area contributed by atoms with Crippen molar-refractivity contribution in [1.82, 2.24) is 19.9 Å². The summed E-state index contributed by atoms with van der Waals surface area (Å²) in [7, 11) is 0. The molecule has 4 aromatic rings. The molecule has 0 amide bonds. The Labute approximate surface area is 173 Å². The van der Waals surface area contributed by atoms with Crippen molar-refractivity contribution in [3.63, 3.8) is 0 Å². The largest absolute Gasteiger partial charge is 0.309 e. The highest BCUT2D eigenvalue weighted by atomic mass is 32.2. The van der Waals surface area contributed by atoms with Crippen LogP contribution in [0.2, 0.25) is 0 Å². The number of hydrogen-bond acceptors (Lipinski definition) is 7. The minimum absolute atomic E-state index is 0.140. The van der Waals surface area contributed by atoms with Crippen molar-refractivity contribution < 1.29 is 0 Å². The zero-order chi connectivity index (χ0) is 19.7. The molecular formula is C19H18N4O2S3. The van der Waals surface area contributed by atoms with Crippen molar-refractivity contribution in [3.05, 3.63) is 61.2 Å². The van der Waals surface area contributed by atoms with Crippen molar-refractivity contribution >= 4 is 44.7 Å². The van der Waals surface area contributed by atoms with Gasteiger partial charge >= 0.3 is 0 Å². The maximum Gasteiger partial charge on any atom is 0.260 e. The average molecular weight is 431 g/mol. The molecule has 0 unspecified atom stereocenters. The van der Waals surface area contributed by atoms with Crippen LogP contribution in [0.15, 0.2) is 43.7 Å². The lowest BCUT2D eigenvalue weighted by Crippen LogP contribution is -2.14. The average Bonchev–Trinajstić information content (AvgIpc) is 3.30. The molecule has 0 fully saturated rings. The molecule has 0 aliphatic rings. The van der Waals surface area contributed by atoms with E-state index in [4.69, 9.17) is 0 Å². The van der Waals surface area contributed by atoms with Crippen molar-refractivity contribution in [2.75, 3.05) is 0 Å². The van der Waals surface area contributed by atoms with Crippen LogP contribution in [0.5, 0.6) is 0 Å². The fraction of sp³-hybridized carbons (Fsp3) is 0.263. The summed E-state index contributed by atoms with van der Waals surface area (Å²) in [5.41, 5.74) is 1.40. The molecule has 1 atom stereocenters. The second-order valence-corrected chi connectivity index (χ2v) is 9.45. The third kappa shape index (κ3) is 3.82. The molecule has 0 radical (unpaired) electrons. The van der Waals surface area contributed by atoms with E-state index in [1.54, 1.807) is 11.3 Å². The molecular weight excluding hydrogens is 412 g/mol. The molecule has 4 heterocycles. The van der Waals surface area contributed by atoms with Crippen LogP contribution >= 0.6 is 34.4 Å². The van der Waals surface area contributed by atoms with Crippen LogP contribution in [0.3, 0.4) is 0 Å². The van der Waals surface area contributed by atoms with Crippen molar-refractivity contribution in [2.24, 2.45) is 0 Å². The van der Waals surface area contributed by atoms with Gasteiger partial charge in [0, 0.05) is 27.6 Å². The molecule has 0 aromatic carbocycles. The molecule has 9 heteroatoms. The summed E-state index contributed by atoms with van der Waals surface area (Å²) in [6.07, 6.45) is 1.68. The summed E-state index contributed by atoms with van der Waals surface area (Å²) in [6.45, 7) is 3.99. The SMILES string of the molecule is CCCc1cc(=O)[nH]c(S[C@H](C)c2nc3scc(-c4cccs4)c3c(=O)[nH]2)n1. The van der Waals surface area contributed by atoms with Crippen LogP contribution < -0.4 is 11.1 Å². The topological polar surface area (TPSA) is 91.5 Å². The number of thioether (sulfide) groups is 1. The lowest BCUT2D eigenvalue weighted by Gasteiger charge is -2.10. The van der Waals surface area contributed by atoms with Gasteiger partial charge in [-0.1, -0.05) is 31.2 Å². The molecule has 28 heavy (non-hydrogen) atoms. The molecule has 144 valence electrons. The van der Waals surface area contributed by atoms with Crippen molar-refractivity contribution in [3.8, 4) is 10.4 Å². The van der Waals surface area contributed by atoms with Crippen molar-refractivity contribution in [1.29, 1.82) is 0 Å². The van der Waals surface area contributed by atoms with Crippen LogP contribution in [0.4, 0.5) is 0 Å². The molecule has 4 rings (SSSR count). The van der Waals surface area contributed by atoms with Crippen LogP contribution in [-0.4, -0.2) is 19.9 Å². The van der Waals surface area contributed by atoms with Crippen LogP contribution in [0, 0.1) is 0 Å². The molecule has 6 nitrogen and oxygen atoms in total. The van der Waals surface area contributed by atoms with E-state index in [1.165, 1.54) is 29.2 Å². The number of nitrogens with zero attached hydrogens (tertiary/aromatic N) is 2.